The van der Waals surface area contributed by atoms with E-state index < -0.39 is 0 Å². The lowest BCUT2D eigenvalue weighted by molar-refractivity contribution is -0.116. The molecule has 6 heteroatoms. The molecular weight excluding hydrogens is 263 g/mol. The minimum Gasteiger partial charge on any atom is -0.495 e. The van der Waals surface area contributed by atoms with E-state index in [0.29, 0.717) is 35.8 Å². The van der Waals surface area contributed by atoms with Gasteiger partial charge in [0, 0.05) is 12.1 Å². The molecule has 96 valence electrons. The molecule has 0 aliphatic carbocycles. The van der Waals surface area contributed by atoms with Crippen LogP contribution in [0, 0.1) is 0 Å². The summed E-state index contributed by atoms with van der Waals surface area (Å²) >= 11 is 5.92. The summed E-state index contributed by atoms with van der Waals surface area (Å²) in [5, 5.41) is 3.21. The van der Waals surface area contributed by atoms with Gasteiger partial charge in [0.2, 0.25) is 5.91 Å². The van der Waals surface area contributed by atoms with Gasteiger partial charge in [0.1, 0.15) is 5.75 Å². The van der Waals surface area contributed by atoms with E-state index >= 15 is 0 Å². The lowest BCUT2D eigenvalue weighted by Crippen LogP contribution is -2.13. The predicted molar refractivity (Wildman–Crippen MR) is 72.2 cm³/mol. The Morgan fingerprint density at radius 2 is 2.24 bits per heavy atom. The molecule has 0 radical (unpaired) electrons. The quantitative estimate of drug-likeness (QED) is 0.870. The number of nitrogens with one attached hydrogen (secondary N) is 1. The molecule has 0 fully saturated rings. The van der Waals surface area contributed by atoms with Crippen LogP contribution in [0.15, 0.2) is 18.2 Å². The molecule has 1 amide bonds. The van der Waals surface area contributed by atoms with Crippen molar-refractivity contribution in [3.63, 3.8) is 0 Å². The summed E-state index contributed by atoms with van der Waals surface area (Å²) in [6, 6.07) is 5.10. The Morgan fingerprint density at radius 1 is 1.53 bits per heavy atom. The second kappa shape index (κ2) is 8.17. The Hall–Kier alpha value is -0.970. The Balaban J connectivity index is 0.00000256. The van der Waals surface area contributed by atoms with Crippen molar-refractivity contribution in [1.82, 2.24) is 0 Å². The number of carbonyl (C=O) groups excluding carboxylic acids is 1. The largest absolute Gasteiger partial charge is 0.495 e. The number of rotatable bonds is 5. The normalized spacial score (nSPS) is 9.35. The third-order valence-corrected chi connectivity index (χ3v) is 2.34. The standard InChI is InChI=1S/C11H15ClN2O2.ClH/c1-16-10-5-4-8(7-9(10)12)14-11(15)3-2-6-13;/h4-5,7H,2-3,6,13H2,1H3,(H,14,15);1H. The van der Waals surface area contributed by atoms with Gasteiger partial charge in [-0.3, -0.25) is 4.79 Å². The number of ether oxygens (including phenoxy) is 1. The number of anilines is 1. The maximum Gasteiger partial charge on any atom is 0.224 e. The minimum atomic E-state index is -0.0633. The molecule has 0 unspecified atom stereocenters. The molecule has 1 aromatic carbocycles. The van der Waals surface area contributed by atoms with Gasteiger partial charge in [0.25, 0.3) is 0 Å². The van der Waals surface area contributed by atoms with Crippen molar-refractivity contribution < 1.29 is 9.53 Å². The van der Waals surface area contributed by atoms with Crippen LogP contribution in [-0.2, 0) is 4.79 Å². The third kappa shape index (κ3) is 5.26. The van der Waals surface area contributed by atoms with Crippen LogP contribution in [0.1, 0.15) is 12.8 Å². The van der Waals surface area contributed by atoms with Crippen LogP contribution in [0.5, 0.6) is 5.75 Å². The third-order valence-electron chi connectivity index (χ3n) is 2.04. The van der Waals surface area contributed by atoms with Crippen LogP contribution < -0.4 is 15.8 Å². The zero-order chi connectivity index (χ0) is 12.0. The van der Waals surface area contributed by atoms with Gasteiger partial charge < -0.3 is 15.8 Å². The van der Waals surface area contributed by atoms with E-state index in [2.05, 4.69) is 5.32 Å². The van der Waals surface area contributed by atoms with Gasteiger partial charge in [-0.15, -0.1) is 12.4 Å². The zero-order valence-electron chi connectivity index (χ0n) is 9.53. The summed E-state index contributed by atoms with van der Waals surface area (Å²) in [5.74, 6) is 0.522. The molecule has 0 bridgehead atoms. The average Bonchev–Trinajstić information content (AvgIpc) is 2.26. The second-order valence-corrected chi connectivity index (χ2v) is 3.70. The molecule has 1 rings (SSSR count). The summed E-state index contributed by atoms with van der Waals surface area (Å²) in [6.07, 6.45) is 1.09. The smallest absolute Gasteiger partial charge is 0.224 e. The van der Waals surface area contributed by atoms with Crippen LogP contribution >= 0.6 is 24.0 Å². The molecule has 0 aromatic heterocycles. The van der Waals surface area contributed by atoms with Crippen LogP contribution in [0.25, 0.3) is 0 Å². The molecule has 4 nitrogen and oxygen atoms in total. The van der Waals surface area contributed by atoms with Crippen molar-refractivity contribution >= 4 is 35.6 Å². The van der Waals surface area contributed by atoms with Gasteiger partial charge >= 0.3 is 0 Å². The monoisotopic (exact) mass is 278 g/mol. The highest BCUT2D eigenvalue weighted by atomic mass is 35.5. The highest BCUT2D eigenvalue weighted by Gasteiger charge is 2.04. The zero-order valence-corrected chi connectivity index (χ0v) is 11.1. The first-order valence-corrected chi connectivity index (χ1v) is 5.38. The minimum absolute atomic E-state index is 0. The van der Waals surface area contributed by atoms with Gasteiger partial charge in [0.15, 0.2) is 0 Å². The molecule has 17 heavy (non-hydrogen) atoms. The lowest BCUT2D eigenvalue weighted by Gasteiger charge is -2.07. The first-order valence-electron chi connectivity index (χ1n) is 5.01. The van der Waals surface area contributed by atoms with E-state index in [-0.39, 0.29) is 18.3 Å². The average molecular weight is 279 g/mol. The highest BCUT2D eigenvalue weighted by Crippen LogP contribution is 2.27. The molecule has 0 saturated heterocycles. The summed E-state index contributed by atoms with van der Waals surface area (Å²) in [5.41, 5.74) is 5.97. The fourth-order valence-electron chi connectivity index (χ4n) is 1.23. The summed E-state index contributed by atoms with van der Waals surface area (Å²) in [6.45, 7) is 0.511. The van der Waals surface area contributed by atoms with Gasteiger partial charge in [-0.25, -0.2) is 0 Å². The van der Waals surface area contributed by atoms with Crippen LogP contribution in [0.2, 0.25) is 5.02 Å². The number of carbonyl (C=O) groups is 1. The Morgan fingerprint density at radius 3 is 2.76 bits per heavy atom. The number of benzene rings is 1. The fraction of sp³-hybridized carbons (Fsp3) is 0.364. The molecule has 0 aliphatic rings. The first kappa shape index (κ1) is 16.0. The van der Waals surface area contributed by atoms with Crippen LogP contribution in [-0.4, -0.2) is 19.6 Å². The summed E-state index contributed by atoms with van der Waals surface area (Å²) < 4.78 is 5.01. The maximum absolute atomic E-state index is 11.4. The SMILES string of the molecule is COc1ccc(NC(=O)CCCN)cc1Cl.Cl. The molecule has 0 saturated carbocycles. The highest BCUT2D eigenvalue weighted by molar-refractivity contribution is 6.32. The van der Waals surface area contributed by atoms with E-state index in [4.69, 9.17) is 22.1 Å². The molecule has 0 aliphatic heterocycles. The molecule has 0 spiro atoms. The van der Waals surface area contributed by atoms with Crippen LogP contribution in [0.4, 0.5) is 5.69 Å². The molecular formula is C11H16Cl2N2O2. The Kier molecular flexibility index (Phi) is 7.70. The van der Waals surface area contributed by atoms with Crippen molar-refractivity contribution in [3.8, 4) is 5.75 Å². The lowest BCUT2D eigenvalue weighted by atomic mass is 10.2. The predicted octanol–water partition coefficient (Wildman–Crippen LogP) is 2.45. The van der Waals surface area contributed by atoms with Gasteiger partial charge in [-0.2, -0.15) is 0 Å². The fourth-order valence-corrected chi connectivity index (χ4v) is 1.49. The Bertz CT molecular complexity index is 372. The van der Waals surface area contributed by atoms with Crippen molar-refractivity contribution in [2.24, 2.45) is 5.73 Å². The maximum atomic E-state index is 11.4. The van der Waals surface area contributed by atoms with Crippen molar-refractivity contribution in [3.05, 3.63) is 23.2 Å². The van der Waals surface area contributed by atoms with E-state index in [0.717, 1.165) is 0 Å². The number of halogens is 2. The van der Waals surface area contributed by atoms with E-state index in [9.17, 15) is 4.79 Å². The van der Waals surface area contributed by atoms with Gasteiger partial charge in [0.05, 0.1) is 12.1 Å². The molecule has 0 heterocycles. The molecule has 1 aromatic rings. The van der Waals surface area contributed by atoms with E-state index in [1.54, 1.807) is 25.3 Å². The van der Waals surface area contributed by atoms with Crippen molar-refractivity contribution in [1.29, 1.82) is 0 Å². The number of hydrogen-bond acceptors (Lipinski definition) is 3. The second-order valence-electron chi connectivity index (χ2n) is 3.29. The number of hydrogen-bond donors (Lipinski definition) is 2. The van der Waals surface area contributed by atoms with E-state index in [1.807, 2.05) is 0 Å². The number of methoxy groups -OCH3 is 1. The van der Waals surface area contributed by atoms with Gasteiger partial charge in [-0.1, -0.05) is 11.6 Å². The summed E-state index contributed by atoms with van der Waals surface area (Å²) in [4.78, 5) is 11.4. The van der Waals surface area contributed by atoms with Gasteiger partial charge in [-0.05, 0) is 31.2 Å². The summed E-state index contributed by atoms with van der Waals surface area (Å²) in [7, 11) is 1.54. The Labute approximate surface area is 112 Å². The number of amides is 1. The van der Waals surface area contributed by atoms with E-state index in [1.165, 1.54) is 0 Å². The molecule has 0 atom stereocenters. The number of nitrogens with two attached hydrogens (primary N) is 1. The van der Waals surface area contributed by atoms with Crippen molar-refractivity contribution in [2.75, 3.05) is 19.0 Å². The molecule has 3 N–H and O–H groups in total. The topological polar surface area (TPSA) is 64.3 Å². The van der Waals surface area contributed by atoms with Crippen LogP contribution in [0.3, 0.4) is 0 Å². The van der Waals surface area contributed by atoms with Crippen molar-refractivity contribution in [2.45, 2.75) is 12.8 Å². The first-order chi connectivity index (χ1) is 7.67.